The lowest BCUT2D eigenvalue weighted by Gasteiger charge is -2.29. The van der Waals surface area contributed by atoms with E-state index in [1.54, 1.807) is 55.6 Å². The predicted molar refractivity (Wildman–Crippen MR) is 134 cm³/mol. The van der Waals surface area contributed by atoms with Gasteiger partial charge in [0.05, 0.1) is 23.7 Å². The lowest BCUT2D eigenvalue weighted by atomic mass is 9.87. The molecule has 3 aromatic carbocycles. The molecule has 0 bridgehead atoms. The minimum absolute atomic E-state index is 0.112. The van der Waals surface area contributed by atoms with Crippen molar-refractivity contribution < 1.29 is 17.9 Å². The van der Waals surface area contributed by atoms with Crippen LogP contribution in [0.25, 0.3) is 0 Å². The van der Waals surface area contributed by atoms with Gasteiger partial charge in [-0.1, -0.05) is 41.4 Å². The lowest BCUT2D eigenvalue weighted by Crippen LogP contribution is -2.42. The number of nitrogens with zero attached hydrogens (tertiary/aromatic N) is 1. The average Bonchev–Trinajstić information content (AvgIpc) is 2.82. The molecular formula is C26H27ClN2O4S. The summed E-state index contributed by atoms with van der Waals surface area (Å²) in [6.45, 7) is 1.52. The van der Waals surface area contributed by atoms with Crippen molar-refractivity contribution in [2.75, 3.05) is 18.0 Å². The van der Waals surface area contributed by atoms with Crippen LogP contribution in [0, 0.1) is 6.92 Å². The number of halogens is 1. The first-order chi connectivity index (χ1) is 16.3. The number of anilines is 1. The number of carbonyl (C=O) groups is 1. The molecule has 1 amide bonds. The fourth-order valence-corrected chi connectivity index (χ4v) is 5.82. The zero-order valence-electron chi connectivity index (χ0n) is 19.1. The first-order valence-electron chi connectivity index (χ1n) is 11.1. The Morgan fingerprint density at radius 3 is 2.59 bits per heavy atom. The van der Waals surface area contributed by atoms with Crippen LogP contribution in [0.3, 0.4) is 0 Å². The molecule has 6 nitrogen and oxygen atoms in total. The third-order valence-corrected chi connectivity index (χ3v) is 8.02. The van der Waals surface area contributed by atoms with Gasteiger partial charge in [-0.2, -0.15) is 0 Å². The van der Waals surface area contributed by atoms with E-state index >= 15 is 0 Å². The molecule has 8 heteroatoms. The van der Waals surface area contributed by atoms with Gasteiger partial charge in [0.15, 0.2) is 0 Å². The highest BCUT2D eigenvalue weighted by Gasteiger charge is 2.29. The van der Waals surface area contributed by atoms with Gasteiger partial charge in [0.2, 0.25) is 5.91 Å². The van der Waals surface area contributed by atoms with Crippen LogP contribution in [0.4, 0.5) is 5.69 Å². The summed E-state index contributed by atoms with van der Waals surface area (Å²) in [7, 11) is -2.37. The second-order valence-corrected chi connectivity index (χ2v) is 10.7. The van der Waals surface area contributed by atoms with Crippen molar-refractivity contribution in [3.63, 3.8) is 0 Å². The van der Waals surface area contributed by atoms with E-state index in [0.29, 0.717) is 10.7 Å². The van der Waals surface area contributed by atoms with Crippen molar-refractivity contribution >= 4 is 33.2 Å². The third-order valence-electron chi connectivity index (χ3n) is 5.99. The summed E-state index contributed by atoms with van der Waals surface area (Å²) in [5, 5.41) is 3.43. The molecule has 0 fully saturated rings. The van der Waals surface area contributed by atoms with E-state index in [2.05, 4.69) is 5.32 Å². The van der Waals surface area contributed by atoms with Crippen LogP contribution in [0.1, 0.15) is 35.6 Å². The standard InChI is InChI=1S/C26H27ClN2O4S/c1-18-9-12-23(13-10-18)34(31,32)29(21-7-4-6-20(27)16-21)17-26(30)28-25-8-3-5-19-15-22(33-2)11-14-24(19)25/h4,6-7,9-16,25H,3,5,8,17H2,1-2H3,(H,28,30). The Balaban J connectivity index is 1.61. The molecule has 0 radical (unpaired) electrons. The summed E-state index contributed by atoms with van der Waals surface area (Å²) in [6.07, 6.45) is 2.62. The van der Waals surface area contributed by atoms with Gasteiger partial charge in [-0.3, -0.25) is 9.10 Å². The fourth-order valence-electron chi connectivity index (χ4n) is 4.22. The van der Waals surface area contributed by atoms with Gasteiger partial charge in [0.25, 0.3) is 10.0 Å². The molecule has 0 aromatic heterocycles. The molecule has 0 spiro atoms. The van der Waals surface area contributed by atoms with Crippen molar-refractivity contribution in [3.8, 4) is 5.75 Å². The topological polar surface area (TPSA) is 75.7 Å². The number of hydrogen-bond donors (Lipinski definition) is 1. The second kappa shape index (κ2) is 10.1. The molecule has 1 N–H and O–H groups in total. The Kier molecular flexibility index (Phi) is 7.14. The summed E-state index contributed by atoms with van der Waals surface area (Å²) in [4.78, 5) is 13.3. The maximum Gasteiger partial charge on any atom is 0.264 e. The quantitative estimate of drug-likeness (QED) is 0.494. The molecule has 1 unspecified atom stereocenters. The van der Waals surface area contributed by atoms with Gasteiger partial charge in [0.1, 0.15) is 12.3 Å². The molecule has 3 aromatic rings. The van der Waals surface area contributed by atoms with Gasteiger partial charge in [-0.05, 0) is 79.8 Å². The number of fused-ring (bicyclic) bond motifs is 1. The number of carbonyl (C=O) groups excluding carboxylic acids is 1. The summed E-state index contributed by atoms with van der Waals surface area (Å²) in [5.74, 6) is 0.395. The minimum Gasteiger partial charge on any atom is -0.497 e. The van der Waals surface area contributed by atoms with E-state index in [1.807, 2.05) is 25.1 Å². The number of benzene rings is 3. The van der Waals surface area contributed by atoms with Crippen LogP contribution in [-0.2, 0) is 21.2 Å². The Labute approximate surface area is 205 Å². The van der Waals surface area contributed by atoms with E-state index in [4.69, 9.17) is 16.3 Å². The monoisotopic (exact) mass is 498 g/mol. The third kappa shape index (κ3) is 5.21. The molecule has 34 heavy (non-hydrogen) atoms. The number of sulfonamides is 1. The predicted octanol–water partition coefficient (Wildman–Crippen LogP) is 5.05. The van der Waals surface area contributed by atoms with E-state index in [9.17, 15) is 13.2 Å². The number of aryl methyl sites for hydroxylation is 2. The van der Waals surface area contributed by atoms with Crippen LogP contribution >= 0.6 is 11.6 Å². The van der Waals surface area contributed by atoms with Crippen molar-refractivity contribution in [3.05, 3.63) is 88.4 Å². The van der Waals surface area contributed by atoms with Crippen molar-refractivity contribution in [1.29, 1.82) is 0 Å². The number of rotatable bonds is 7. The Hall–Kier alpha value is -3.03. The summed E-state index contributed by atoms with van der Waals surface area (Å²) >= 11 is 6.15. The van der Waals surface area contributed by atoms with E-state index in [0.717, 1.165) is 46.0 Å². The minimum atomic E-state index is -4.00. The number of nitrogens with one attached hydrogen (secondary N) is 1. The van der Waals surface area contributed by atoms with Crippen LogP contribution in [-0.4, -0.2) is 28.0 Å². The number of methoxy groups -OCH3 is 1. The molecule has 4 rings (SSSR count). The molecule has 1 aliphatic rings. The van der Waals surface area contributed by atoms with Gasteiger partial charge < -0.3 is 10.1 Å². The maximum atomic E-state index is 13.5. The molecule has 0 saturated carbocycles. The van der Waals surface area contributed by atoms with Crippen LogP contribution in [0.15, 0.2) is 71.6 Å². The SMILES string of the molecule is COc1ccc2c(c1)CCCC2NC(=O)CN(c1cccc(Cl)c1)S(=O)(=O)c1ccc(C)cc1. The maximum absolute atomic E-state index is 13.5. The highest BCUT2D eigenvalue weighted by atomic mass is 35.5. The first kappa shape index (κ1) is 24.1. The molecule has 0 heterocycles. The molecular weight excluding hydrogens is 472 g/mol. The number of ether oxygens (including phenoxy) is 1. The van der Waals surface area contributed by atoms with Gasteiger partial charge in [0, 0.05) is 5.02 Å². The Morgan fingerprint density at radius 1 is 1.12 bits per heavy atom. The van der Waals surface area contributed by atoms with Crippen molar-refractivity contribution in [1.82, 2.24) is 5.32 Å². The van der Waals surface area contributed by atoms with Crippen molar-refractivity contribution in [2.45, 2.75) is 37.1 Å². The lowest BCUT2D eigenvalue weighted by molar-refractivity contribution is -0.120. The molecule has 1 aliphatic carbocycles. The van der Waals surface area contributed by atoms with Gasteiger partial charge in [-0.15, -0.1) is 0 Å². The number of amides is 1. The fraction of sp³-hybridized carbons (Fsp3) is 0.269. The van der Waals surface area contributed by atoms with E-state index in [-0.39, 0.29) is 23.4 Å². The van der Waals surface area contributed by atoms with Crippen LogP contribution in [0.5, 0.6) is 5.75 Å². The van der Waals surface area contributed by atoms with Crippen LogP contribution in [0.2, 0.25) is 5.02 Å². The largest absolute Gasteiger partial charge is 0.497 e. The zero-order valence-corrected chi connectivity index (χ0v) is 20.7. The van der Waals surface area contributed by atoms with E-state index in [1.165, 1.54) is 0 Å². The zero-order chi connectivity index (χ0) is 24.3. The van der Waals surface area contributed by atoms with E-state index < -0.39 is 10.0 Å². The smallest absolute Gasteiger partial charge is 0.264 e. The molecule has 178 valence electrons. The van der Waals surface area contributed by atoms with Crippen LogP contribution < -0.4 is 14.4 Å². The summed E-state index contributed by atoms with van der Waals surface area (Å²) < 4.78 is 33.5. The normalized spacial score (nSPS) is 15.3. The Bertz CT molecular complexity index is 1290. The number of hydrogen-bond acceptors (Lipinski definition) is 4. The molecule has 0 aliphatic heterocycles. The Morgan fingerprint density at radius 2 is 1.88 bits per heavy atom. The summed E-state index contributed by atoms with van der Waals surface area (Å²) in [5.41, 5.74) is 3.45. The summed E-state index contributed by atoms with van der Waals surface area (Å²) in [6, 6.07) is 18.7. The van der Waals surface area contributed by atoms with Gasteiger partial charge >= 0.3 is 0 Å². The molecule has 1 atom stereocenters. The van der Waals surface area contributed by atoms with Crippen molar-refractivity contribution in [2.24, 2.45) is 0 Å². The molecule has 0 saturated heterocycles. The highest BCUT2D eigenvalue weighted by Crippen LogP contribution is 2.32. The average molecular weight is 499 g/mol. The first-order valence-corrected chi connectivity index (χ1v) is 12.9. The second-order valence-electron chi connectivity index (χ2n) is 8.38. The van der Waals surface area contributed by atoms with Gasteiger partial charge in [-0.25, -0.2) is 8.42 Å². The highest BCUT2D eigenvalue weighted by molar-refractivity contribution is 7.92.